The topological polar surface area (TPSA) is 110 Å². The van der Waals surface area contributed by atoms with Crippen molar-refractivity contribution in [2.45, 2.75) is 19.3 Å². The molecule has 1 rings (SSSR count). The van der Waals surface area contributed by atoms with E-state index in [9.17, 15) is 9.59 Å². The van der Waals surface area contributed by atoms with E-state index in [0.29, 0.717) is 6.42 Å². The molecule has 0 saturated heterocycles. The van der Waals surface area contributed by atoms with E-state index in [-0.39, 0.29) is 40.1 Å². The van der Waals surface area contributed by atoms with Crippen LogP contribution in [0, 0.1) is 5.41 Å². The van der Waals surface area contributed by atoms with E-state index in [0.717, 1.165) is 0 Å². The van der Waals surface area contributed by atoms with Crippen LogP contribution in [0.25, 0.3) is 0 Å². The van der Waals surface area contributed by atoms with Gasteiger partial charge in [0.15, 0.2) is 5.41 Å². The van der Waals surface area contributed by atoms with E-state index in [1.165, 1.54) is 0 Å². The van der Waals surface area contributed by atoms with Gasteiger partial charge in [-0.3, -0.25) is 9.59 Å². The zero-order valence-electron chi connectivity index (χ0n) is 6.36. The molecule has 0 atom stereocenters. The van der Waals surface area contributed by atoms with Gasteiger partial charge in [-0.1, -0.05) is 0 Å². The van der Waals surface area contributed by atoms with Gasteiger partial charge in [-0.2, -0.15) is 0 Å². The van der Waals surface area contributed by atoms with Crippen LogP contribution in [0.5, 0.6) is 0 Å². The molecule has 1 saturated carbocycles. The first-order chi connectivity index (χ1) is 4.59. The van der Waals surface area contributed by atoms with Crippen LogP contribution in [0.1, 0.15) is 19.3 Å². The number of carbonyl (C=O) groups is 2. The first-order valence-electron chi connectivity index (χ1n) is 3.06. The Balaban J connectivity index is 0. The predicted octanol–water partition coefficient (Wildman–Crippen LogP) is 0.485. The molecular formula is C6H11NO4Pt. The summed E-state index contributed by atoms with van der Waals surface area (Å²) in [6, 6.07) is 0. The van der Waals surface area contributed by atoms with Gasteiger partial charge in [-0.25, -0.2) is 0 Å². The molecule has 1 aliphatic carbocycles. The van der Waals surface area contributed by atoms with Crippen LogP contribution in [-0.4, -0.2) is 22.2 Å². The summed E-state index contributed by atoms with van der Waals surface area (Å²) in [6.45, 7) is 0. The number of hydrogen-bond acceptors (Lipinski definition) is 3. The van der Waals surface area contributed by atoms with Gasteiger partial charge in [0, 0.05) is 21.1 Å². The van der Waals surface area contributed by atoms with E-state index >= 15 is 0 Å². The zero-order valence-corrected chi connectivity index (χ0v) is 8.63. The maximum atomic E-state index is 10.4. The Morgan fingerprint density at radius 2 is 1.42 bits per heavy atom. The third-order valence-corrected chi connectivity index (χ3v) is 2.03. The van der Waals surface area contributed by atoms with E-state index in [2.05, 4.69) is 0 Å². The van der Waals surface area contributed by atoms with Gasteiger partial charge in [0.05, 0.1) is 0 Å². The van der Waals surface area contributed by atoms with Crippen LogP contribution in [-0.2, 0) is 30.7 Å². The third-order valence-electron chi connectivity index (χ3n) is 2.03. The smallest absolute Gasteiger partial charge is 0.321 e. The van der Waals surface area contributed by atoms with Crippen LogP contribution in [0.15, 0.2) is 0 Å². The molecule has 0 aromatic rings. The van der Waals surface area contributed by atoms with Crippen molar-refractivity contribution in [3.05, 3.63) is 0 Å². The van der Waals surface area contributed by atoms with Gasteiger partial charge >= 0.3 is 11.9 Å². The Morgan fingerprint density at radius 3 is 1.42 bits per heavy atom. The second-order valence-corrected chi connectivity index (χ2v) is 2.55. The standard InChI is InChI=1S/C6H8O4.H3N.Pt/c7-4(8)6(5(9)10)2-1-3-6;;/h1-3H2,(H,7,8)(H,9,10);1H3;. The van der Waals surface area contributed by atoms with Crippen molar-refractivity contribution >= 4 is 11.9 Å². The third kappa shape index (κ3) is 1.84. The molecule has 0 heterocycles. The van der Waals surface area contributed by atoms with Crippen molar-refractivity contribution < 1.29 is 40.9 Å². The summed E-state index contributed by atoms with van der Waals surface area (Å²) in [4.78, 5) is 20.7. The van der Waals surface area contributed by atoms with Gasteiger partial charge < -0.3 is 16.4 Å². The van der Waals surface area contributed by atoms with Crippen molar-refractivity contribution in [3.8, 4) is 0 Å². The number of carboxylic acids is 2. The predicted molar refractivity (Wildman–Crippen MR) is 36.6 cm³/mol. The molecule has 0 unspecified atom stereocenters. The summed E-state index contributed by atoms with van der Waals surface area (Å²) in [7, 11) is 0. The van der Waals surface area contributed by atoms with E-state index in [1.54, 1.807) is 0 Å². The Morgan fingerprint density at radius 1 is 1.08 bits per heavy atom. The summed E-state index contributed by atoms with van der Waals surface area (Å²) in [5.41, 5.74) is -1.44. The van der Waals surface area contributed by atoms with E-state index < -0.39 is 17.4 Å². The minimum absolute atomic E-state index is 0. The summed E-state index contributed by atoms with van der Waals surface area (Å²) in [5.74, 6) is -2.41. The molecule has 5 nitrogen and oxygen atoms in total. The van der Waals surface area contributed by atoms with Crippen molar-refractivity contribution in [2.75, 3.05) is 0 Å². The molecule has 5 N–H and O–H groups in total. The van der Waals surface area contributed by atoms with Gasteiger partial charge in [0.2, 0.25) is 0 Å². The summed E-state index contributed by atoms with van der Waals surface area (Å²) in [6.07, 6.45) is 1.26. The molecule has 0 aromatic carbocycles. The maximum absolute atomic E-state index is 10.4. The second kappa shape index (κ2) is 4.57. The quantitative estimate of drug-likeness (QED) is 0.624. The fraction of sp³-hybridized carbons (Fsp3) is 0.667. The molecule has 0 aromatic heterocycles. The molecule has 1 fully saturated rings. The molecule has 6 heteroatoms. The minimum Gasteiger partial charge on any atom is -0.480 e. The first kappa shape index (κ1) is 14.1. The van der Waals surface area contributed by atoms with Crippen molar-refractivity contribution in [2.24, 2.45) is 5.41 Å². The van der Waals surface area contributed by atoms with Gasteiger partial charge in [-0.05, 0) is 19.3 Å². The van der Waals surface area contributed by atoms with Gasteiger partial charge in [0.25, 0.3) is 0 Å². The van der Waals surface area contributed by atoms with E-state index in [4.69, 9.17) is 10.2 Å². The average Bonchev–Trinajstić information content (AvgIpc) is 1.57. The summed E-state index contributed by atoms with van der Waals surface area (Å²) >= 11 is 0. The fourth-order valence-electron chi connectivity index (χ4n) is 1.05. The second-order valence-electron chi connectivity index (χ2n) is 2.55. The number of hydrogen-bond donors (Lipinski definition) is 3. The Hall–Kier alpha value is -0.412. The van der Waals surface area contributed by atoms with Crippen molar-refractivity contribution in [1.29, 1.82) is 0 Å². The van der Waals surface area contributed by atoms with Crippen molar-refractivity contribution in [1.82, 2.24) is 6.15 Å². The summed E-state index contributed by atoms with van der Waals surface area (Å²) < 4.78 is 0. The molecule has 74 valence electrons. The van der Waals surface area contributed by atoms with Crippen LogP contribution in [0.3, 0.4) is 0 Å². The largest absolute Gasteiger partial charge is 0.480 e. The molecule has 0 bridgehead atoms. The van der Waals surface area contributed by atoms with Crippen LogP contribution < -0.4 is 6.15 Å². The molecule has 0 radical (unpaired) electrons. The zero-order chi connectivity index (χ0) is 7.78. The van der Waals surface area contributed by atoms with Crippen LogP contribution >= 0.6 is 0 Å². The summed E-state index contributed by atoms with van der Waals surface area (Å²) in [5, 5.41) is 16.9. The van der Waals surface area contributed by atoms with E-state index in [1.807, 2.05) is 0 Å². The molecule has 0 spiro atoms. The maximum Gasteiger partial charge on any atom is 0.321 e. The molecular weight excluding hydrogens is 345 g/mol. The molecule has 0 aliphatic heterocycles. The molecule has 0 amide bonds. The normalized spacial score (nSPS) is 17.7. The molecule has 1 aliphatic rings. The first-order valence-corrected chi connectivity index (χ1v) is 3.06. The SMILES string of the molecule is N.O=C(O)C1(C(=O)O)CCC1.[Pt]. The number of rotatable bonds is 2. The molecule has 12 heavy (non-hydrogen) atoms. The number of carboxylic acid groups (broad SMARTS) is 2. The average molecular weight is 356 g/mol. The van der Waals surface area contributed by atoms with Gasteiger partial charge in [-0.15, -0.1) is 0 Å². The van der Waals surface area contributed by atoms with Gasteiger partial charge in [0.1, 0.15) is 0 Å². The van der Waals surface area contributed by atoms with Crippen LogP contribution in [0.2, 0.25) is 0 Å². The number of aliphatic carboxylic acids is 2. The Labute approximate surface area is 84.0 Å². The monoisotopic (exact) mass is 356 g/mol. The Bertz CT molecular complexity index is 174. The minimum atomic E-state index is -1.44. The van der Waals surface area contributed by atoms with Crippen LogP contribution in [0.4, 0.5) is 0 Å². The fourth-order valence-corrected chi connectivity index (χ4v) is 1.05. The Kier molecular flexibility index (Phi) is 5.39. The van der Waals surface area contributed by atoms with Crippen molar-refractivity contribution in [3.63, 3.8) is 0 Å².